The van der Waals surface area contributed by atoms with E-state index in [-0.39, 0.29) is 5.95 Å². The molecule has 0 fully saturated rings. The van der Waals surface area contributed by atoms with Crippen LogP contribution in [0.4, 0.5) is 5.95 Å². The van der Waals surface area contributed by atoms with Gasteiger partial charge in [0.05, 0.1) is 5.69 Å². The zero-order valence-electron chi connectivity index (χ0n) is 6.98. The molecule has 13 heavy (non-hydrogen) atoms. The van der Waals surface area contributed by atoms with Crippen LogP contribution >= 0.6 is 11.5 Å². The van der Waals surface area contributed by atoms with Crippen LogP contribution in [0.25, 0.3) is 10.7 Å². The Morgan fingerprint density at radius 1 is 1.54 bits per heavy atom. The molecule has 6 nitrogen and oxygen atoms in total. The minimum absolute atomic E-state index is 0.241. The molecule has 0 aromatic carbocycles. The summed E-state index contributed by atoms with van der Waals surface area (Å²) < 4.78 is 3.84. The number of nitrogens with zero attached hydrogens (tertiary/aromatic N) is 4. The van der Waals surface area contributed by atoms with Gasteiger partial charge in [0.1, 0.15) is 4.88 Å². The fourth-order valence-corrected chi connectivity index (χ4v) is 1.69. The van der Waals surface area contributed by atoms with E-state index in [2.05, 4.69) is 24.8 Å². The minimum atomic E-state index is 0.241. The smallest absolute Gasteiger partial charge is 0.239 e. The Hall–Kier alpha value is -1.50. The molecule has 0 bridgehead atoms. The third-order valence-electron chi connectivity index (χ3n) is 1.61. The molecule has 68 valence electrons. The van der Waals surface area contributed by atoms with Crippen molar-refractivity contribution in [3.63, 3.8) is 0 Å². The Balaban J connectivity index is 2.45. The largest absolute Gasteiger partial charge is 0.366 e. The quantitative estimate of drug-likeness (QED) is 0.728. The predicted molar refractivity (Wildman–Crippen MR) is 49.1 cm³/mol. The lowest BCUT2D eigenvalue weighted by molar-refractivity contribution is 0.987. The van der Waals surface area contributed by atoms with Crippen molar-refractivity contribution in [1.82, 2.24) is 24.8 Å². The highest BCUT2D eigenvalue weighted by molar-refractivity contribution is 7.09. The van der Waals surface area contributed by atoms with Crippen LogP contribution < -0.4 is 5.73 Å². The van der Waals surface area contributed by atoms with Gasteiger partial charge in [-0.05, 0) is 18.0 Å². The lowest BCUT2D eigenvalue weighted by Crippen LogP contribution is -1.87. The molecule has 2 aromatic heterocycles. The van der Waals surface area contributed by atoms with Crippen molar-refractivity contribution in [2.75, 3.05) is 5.73 Å². The third kappa shape index (κ3) is 1.37. The Labute approximate surface area is 78.4 Å². The first-order valence-corrected chi connectivity index (χ1v) is 4.58. The molecule has 0 amide bonds. The molecular weight excluding hydrogens is 188 g/mol. The molecule has 2 aromatic rings. The Morgan fingerprint density at radius 3 is 3.00 bits per heavy atom. The van der Waals surface area contributed by atoms with E-state index in [0.717, 1.165) is 17.0 Å². The summed E-state index contributed by atoms with van der Waals surface area (Å²) in [5.41, 5.74) is 6.30. The van der Waals surface area contributed by atoms with Gasteiger partial charge in [0.25, 0.3) is 0 Å². The van der Waals surface area contributed by atoms with Gasteiger partial charge in [0.2, 0.25) is 5.95 Å². The standard InChI is InChI=1S/C6H8N6S/c1-2-3-4(13-12-9-3)5-8-6(7)11-10-5/h2H2,1H3,(H3,7,8,10,11). The van der Waals surface area contributed by atoms with Crippen molar-refractivity contribution < 1.29 is 0 Å². The Kier molecular flexibility index (Phi) is 1.93. The van der Waals surface area contributed by atoms with Crippen LogP contribution in [0.5, 0.6) is 0 Å². The highest BCUT2D eigenvalue weighted by Crippen LogP contribution is 2.22. The van der Waals surface area contributed by atoms with Gasteiger partial charge < -0.3 is 5.73 Å². The monoisotopic (exact) mass is 196 g/mol. The molecule has 0 atom stereocenters. The van der Waals surface area contributed by atoms with E-state index < -0.39 is 0 Å². The summed E-state index contributed by atoms with van der Waals surface area (Å²) in [6.07, 6.45) is 0.826. The molecule has 0 radical (unpaired) electrons. The maximum Gasteiger partial charge on any atom is 0.239 e. The van der Waals surface area contributed by atoms with E-state index in [1.54, 1.807) is 0 Å². The van der Waals surface area contributed by atoms with E-state index in [1.807, 2.05) is 6.92 Å². The number of nitrogens with two attached hydrogens (primary N) is 1. The summed E-state index contributed by atoms with van der Waals surface area (Å²) in [5, 5.41) is 10.4. The number of anilines is 1. The lowest BCUT2D eigenvalue weighted by atomic mass is 10.3. The van der Waals surface area contributed by atoms with Gasteiger partial charge in [0, 0.05) is 0 Å². The topological polar surface area (TPSA) is 93.4 Å². The molecule has 0 aliphatic rings. The molecule has 0 saturated carbocycles. The first-order valence-electron chi connectivity index (χ1n) is 3.80. The van der Waals surface area contributed by atoms with Crippen molar-refractivity contribution in [3.05, 3.63) is 5.69 Å². The maximum atomic E-state index is 5.39. The van der Waals surface area contributed by atoms with Crippen LogP contribution in [-0.4, -0.2) is 24.8 Å². The average Bonchev–Trinajstić information content (AvgIpc) is 2.71. The molecule has 0 aliphatic heterocycles. The van der Waals surface area contributed by atoms with Gasteiger partial charge in [0.15, 0.2) is 5.82 Å². The lowest BCUT2D eigenvalue weighted by Gasteiger charge is -1.90. The zero-order valence-corrected chi connectivity index (χ0v) is 7.80. The van der Waals surface area contributed by atoms with Crippen LogP contribution in [0.2, 0.25) is 0 Å². The first kappa shape index (κ1) is 8.11. The van der Waals surface area contributed by atoms with Gasteiger partial charge in [-0.3, -0.25) is 5.10 Å². The molecule has 0 unspecified atom stereocenters. The van der Waals surface area contributed by atoms with Crippen molar-refractivity contribution >= 4 is 17.5 Å². The SMILES string of the molecule is CCc1nnsc1-c1nc(N)n[nH]1. The van der Waals surface area contributed by atoms with E-state index >= 15 is 0 Å². The van der Waals surface area contributed by atoms with Crippen LogP contribution in [0, 0.1) is 0 Å². The molecule has 0 saturated heterocycles. The second kappa shape index (κ2) is 3.09. The number of hydrogen-bond acceptors (Lipinski definition) is 6. The summed E-state index contributed by atoms with van der Waals surface area (Å²) in [5.74, 6) is 0.884. The second-order valence-corrected chi connectivity index (χ2v) is 3.20. The molecule has 2 heterocycles. The minimum Gasteiger partial charge on any atom is -0.366 e. The number of rotatable bonds is 2. The summed E-state index contributed by atoms with van der Waals surface area (Å²) >= 11 is 1.29. The first-order chi connectivity index (χ1) is 6.31. The number of aromatic amines is 1. The van der Waals surface area contributed by atoms with Gasteiger partial charge >= 0.3 is 0 Å². The van der Waals surface area contributed by atoms with Crippen LogP contribution in [0.1, 0.15) is 12.6 Å². The van der Waals surface area contributed by atoms with Gasteiger partial charge in [-0.2, -0.15) is 4.98 Å². The van der Waals surface area contributed by atoms with E-state index in [1.165, 1.54) is 11.5 Å². The van der Waals surface area contributed by atoms with Gasteiger partial charge in [-0.15, -0.1) is 10.2 Å². The van der Waals surface area contributed by atoms with Crippen LogP contribution in [0.3, 0.4) is 0 Å². The number of nitrogens with one attached hydrogen (secondary N) is 1. The van der Waals surface area contributed by atoms with Crippen molar-refractivity contribution in [2.45, 2.75) is 13.3 Å². The summed E-state index contributed by atoms with van der Waals surface area (Å²) in [4.78, 5) is 4.91. The fraction of sp³-hybridized carbons (Fsp3) is 0.333. The van der Waals surface area contributed by atoms with Crippen LogP contribution in [0.15, 0.2) is 0 Å². The summed E-state index contributed by atoms with van der Waals surface area (Å²) in [6, 6.07) is 0. The normalized spacial score (nSPS) is 10.5. The maximum absolute atomic E-state index is 5.39. The fourth-order valence-electron chi connectivity index (χ4n) is 0.996. The number of aromatic nitrogens is 5. The molecule has 3 N–H and O–H groups in total. The Morgan fingerprint density at radius 2 is 2.38 bits per heavy atom. The molecular formula is C6H8N6S. The highest BCUT2D eigenvalue weighted by Gasteiger charge is 2.11. The average molecular weight is 196 g/mol. The zero-order chi connectivity index (χ0) is 9.26. The van der Waals surface area contributed by atoms with E-state index in [4.69, 9.17) is 5.73 Å². The predicted octanol–water partition coefficient (Wildman–Crippen LogP) is 0.468. The summed E-state index contributed by atoms with van der Waals surface area (Å²) in [6.45, 7) is 2.01. The molecule has 0 spiro atoms. The molecule has 2 rings (SSSR count). The molecule has 7 heteroatoms. The number of aryl methyl sites for hydroxylation is 1. The van der Waals surface area contributed by atoms with E-state index in [9.17, 15) is 0 Å². The van der Waals surface area contributed by atoms with Gasteiger partial charge in [-0.25, -0.2) is 0 Å². The second-order valence-electron chi connectivity index (χ2n) is 2.44. The Bertz CT molecular complexity index is 405. The highest BCUT2D eigenvalue weighted by atomic mass is 32.1. The summed E-state index contributed by atoms with van der Waals surface area (Å²) in [7, 11) is 0. The number of H-pyrrole nitrogens is 1. The van der Waals surface area contributed by atoms with Crippen LogP contribution in [-0.2, 0) is 6.42 Å². The van der Waals surface area contributed by atoms with Crippen molar-refractivity contribution in [3.8, 4) is 10.7 Å². The number of nitrogen functional groups attached to an aromatic ring is 1. The third-order valence-corrected chi connectivity index (χ3v) is 2.38. The van der Waals surface area contributed by atoms with Crippen molar-refractivity contribution in [1.29, 1.82) is 0 Å². The van der Waals surface area contributed by atoms with Gasteiger partial charge in [-0.1, -0.05) is 11.4 Å². The number of hydrogen-bond donors (Lipinski definition) is 2. The van der Waals surface area contributed by atoms with Crippen molar-refractivity contribution in [2.24, 2.45) is 0 Å². The van der Waals surface area contributed by atoms with E-state index in [0.29, 0.717) is 5.82 Å². The molecule has 0 aliphatic carbocycles.